The lowest BCUT2D eigenvalue weighted by atomic mass is 10.0. The Morgan fingerprint density at radius 1 is 0.381 bits per heavy atom. The number of aliphatic carboxylic acids is 2. The molecule has 2 atom stereocenters. The Hall–Kier alpha value is -1.14. The standard InChI is InChI=1S/2C18H36O3/c2*1-2-3-4-5-6-8-11-14-17(19)15-12-9-7-10-13-16-18(20)21/h2*17,19H,2-16H2,1H3,(H,20,21). The number of carboxylic acid groups (broad SMARTS) is 2. The highest BCUT2D eigenvalue weighted by Gasteiger charge is 2.05. The van der Waals surface area contributed by atoms with Crippen LogP contribution in [-0.2, 0) is 9.59 Å². The number of hydrogen-bond acceptors (Lipinski definition) is 4. The van der Waals surface area contributed by atoms with Crippen LogP contribution in [-0.4, -0.2) is 44.6 Å². The number of unbranched alkanes of at least 4 members (excludes halogenated alkanes) is 20. The van der Waals surface area contributed by atoms with Gasteiger partial charge in [-0.3, -0.25) is 9.59 Å². The molecule has 0 saturated heterocycles. The monoisotopic (exact) mass is 601 g/mol. The van der Waals surface area contributed by atoms with Gasteiger partial charge in [0.2, 0.25) is 0 Å². The van der Waals surface area contributed by atoms with E-state index in [2.05, 4.69) is 13.8 Å². The van der Waals surface area contributed by atoms with Crippen molar-refractivity contribution in [3.05, 3.63) is 0 Å². The Morgan fingerprint density at radius 3 is 0.833 bits per heavy atom. The fourth-order valence-electron chi connectivity index (χ4n) is 5.34. The van der Waals surface area contributed by atoms with Crippen LogP contribution in [0.2, 0.25) is 0 Å². The minimum atomic E-state index is -0.694. The van der Waals surface area contributed by atoms with Crippen molar-refractivity contribution >= 4 is 11.9 Å². The van der Waals surface area contributed by atoms with Gasteiger partial charge in [-0.15, -0.1) is 0 Å². The predicted molar refractivity (Wildman–Crippen MR) is 177 cm³/mol. The van der Waals surface area contributed by atoms with E-state index in [1.54, 1.807) is 0 Å². The second kappa shape index (κ2) is 36.1. The Morgan fingerprint density at radius 2 is 0.595 bits per heavy atom. The summed E-state index contributed by atoms with van der Waals surface area (Å²) >= 11 is 0. The minimum Gasteiger partial charge on any atom is -0.481 e. The Balaban J connectivity index is 0. The van der Waals surface area contributed by atoms with Crippen LogP contribution < -0.4 is 0 Å². The molecule has 0 rings (SSSR count). The van der Waals surface area contributed by atoms with Crippen LogP contribution in [0, 0.1) is 0 Å². The molecule has 0 aliphatic carbocycles. The quantitative estimate of drug-likeness (QED) is 0.0571. The van der Waals surface area contributed by atoms with Crippen LogP contribution >= 0.6 is 0 Å². The number of rotatable bonds is 32. The lowest BCUT2D eigenvalue weighted by Gasteiger charge is -2.10. The number of hydrogen-bond donors (Lipinski definition) is 4. The molecule has 42 heavy (non-hydrogen) atoms. The summed E-state index contributed by atoms with van der Waals surface area (Å²) in [5.41, 5.74) is 0. The first-order valence-electron chi connectivity index (χ1n) is 18.1. The zero-order valence-corrected chi connectivity index (χ0v) is 28.0. The summed E-state index contributed by atoms with van der Waals surface area (Å²) in [6, 6.07) is 0. The van der Waals surface area contributed by atoms with Gasteiger partial charge in [-0.25, -0.2) is 0 Å². The molecular weight excluding hydrogens is 528 g/mol. The summed E-state index contributed by atoms with van der Waals surface area (Å²) in [5.74, 6) is -1.39. The molecule has 6 heteroatoms. The van der Waals surface area contributed by atoms with E-state index < -0.39 is 11.9 Å². The van der Waals surface area contributed by atoms with Crippen molar-refractivity contribution in [2.75, 3.05) is 0 Å². The minimum absolute atomic E-state index is 0.125. The number of aliphatic hydroxyl groups excluding tert-OH is 2. The third-order valence-electron chi connectivity index (χ3n) is 8.14. The van der Waals surface area contributed by atoms with Gasteiger partial charge in [0.05, 0.1) is 12.2 Å². The lowest BCUT2D eigenvalue weighted by Crippen LogP contribution is -2.05. The highest BCUT2D eigenvalue weighted by Crippen LogP contribution is 2.16. The molecule has 0 aliphatic rings. The van der Waals surface area contributed by atoms with Crippen LogP contribution in [0.15, 0.2) is 0 Å². The fourth-order valence-corrected chi connectivity index (χ4v) is 5.34. The third kappa shape index (κ3) is 41.0. The first-order valence-corrected chi connectivity index (χ1v) is 18.1. The summed E-state index contributed by atoms with van der Waals surface area (Å²) < 4.78 is 0. The molecule has 6 nitrogen and oxygen atoms in total. The van der Waals surface area contributed by atoms with Crippen LogP contribution in [0.3, 0.4) is 0 Å². The van der Waals surface area contributed by atoms with E-state index in [9.17, 15) is 19.8 Å². The molecule has 0 heterocycles. The second-order valence-electron chi connectivity index (χ2n) is 12.5. The van der Waals surface area contributed by atoms with Gasteiger partial charge in [-0.05, 0) is 38.5 Å². The predicted octanol–water partition coefficient (Wildman–Crippen LogP) is 10.6. The Labute approximate surface area is 260 Å². The second-order valence-corrected chi connectivity index (χ2v) is 12.5. The van der Waals surface area contributed by atoms with Gasteiger partial charge in [-0.2, -0.15) is 0 Å². The van der Waals surface area contributed by atoms with Crippen LogP contribution in [0.25, 0.3) is 0 Å². The highest BCUT2D eigenvalue weighted by molar-refractivity contribution is 5.66. The van der Waals surface area contributed by atoms with Gasteiger partial charge in [0.25, 0.3) is 0 Å². The summed E-state index contributed by atoms with van der Waals surface area (Å²) in [7, 11) is 0. The van der Waals surface area contributed by atoms with Crippen molar-refractivity contribution in [1.82, 2.24) is 0 Å². The molecule has 0 bridgehead atoms. The summed E-state index contributed by atoms with van der Waals surface area (Å²) in [6.45, 7) is 4.48. The van der Waals surface area contributed by atoms with Crippen molar-refractivity contribution in [3.63, 3.8) is 0 Å². The highest BCUT2D eigenvalue weighted by atomic mass is 16.4. The molecule has 0 aromatic heterocycles. The molecule has 2 unspecified atom stereocenters. The van der Waals surface area contributed by atoms with E-state index in [1.807, 2.05) is 0 Å². The molecule has 0 aromatic carbocycles. The maximum Gasteiger partial charge on any atom is 0.303 e. The summed E-state index contributed by atoms with van der Waals surface area (Å²) in [6.07, 6.45) is 32.4. The van der Waals surface area contributed by atoms with Crippen LogP contribution in [0.1, 0.15) is 206 Å². The molecule has 0 aromatic rings. The molecule has 0 spiro atoms. The summed E-state index contributed by atoms with van der Waals surface area (Å²) in [4.78, 5) is 20.7. The molecule has 4 N–H and O–H groups in total. The van der Waals surface area contributed by atoms with E-state index in [0.29, 0.717) is 12.8 Å². The molecule has 0 amide bonds. The van der Waals surface area contributed by atoms with Gasteiger partial charge in [-0.1, -0.05) is 155 Å². The Kier molecular flexibility index (Phi) is 36.9. The van der Waals surface area contributed by atoms with Crippen molar-refractivity contribution in [2.45, 2.75) is 219 Å². The first-order chi connectivity index (χ1) is 20.3. The SMILES string of the molecule is CCCCCCCCCC(O)CCCCCCCC(=O)O.CCCCCCCCCC(O)CCCCCCCC(=O)O. The van der Waals surface area contributed by atoms with Crippen molar-refractivity contribution in [3.8, 4) is 0 Å². The summed E-state index contributed by atoms with van der Waals surface area (Å²) in [5, 5.41) is 36.8. The van der Waals surface area contributed by atoms with Gasteiger partial charge in [0.1, 0.15) is 0 Å². The van der Waals surface area contributed by atoms with Crippen molar-refractivity contribution in [2.24, 2.45) is 0 Å². The smallest absolute Gasteiger partial charge is 0.303 e. The van der Waals surface area contributed by atoms with Crippen molar-refractivity contribution in [1.29, 1.82) is 0 Å². The third-order valence-corrected chi connectivity index (χ3v) is 8.14. The molecular formula is C36H72O6. The van der Waals surface area contributed by atoms with E-state index in [0.717, 1.165) is 103 Å². The first kappa shape index (κ1) is 43.0. The van der Waals surface area contributed by atoms with E-state index >= 15 is 0 Å². The lowest BCUT2D eigenvalue weighted by molar-refractivity contribution is -0.138. The normalized spacial score (nSPS) is 12.5. The molecule has 0 saturated carbocycles. The van der Waals surface area contributed by atoms with Gasteiger partial charge < -0.3 is 20.4 Å². The van der Waals surface area contributed by atoms with Crippen LogP contribution in [0.5, 0.6) is 0 Å². The average molecular weight is 601 g/mol. The number of carbonyl (C=O) groups is 2. The van der Waals surface area contributed by atoms with E-state index in [-0.39, 0.29) is 12.2 Å². The topological polar surface area (TPSA) is 115 Å². The van der Waals surface area contributed by atoms with Crippen LogP contribution in [0.4, 0.5) is 0 Å². The number of aliphatic hydroxyl groups is 2. The molecule has 0 fully saturated rings. The average Bonchev–Trinajstić information content (AvgIpc) is 2.95. The zero-order valence-electron chi connectivity index (χ0n) is 28.0. The van der Waals surface area contributed by atoms with E-state index in [1.165, 1.54) is 77.0 Å². The Bertz CT molecular complexity index is 505. The molecule has 0 aliphatic heterocycles. The maximum absolute atomic E-state index is 10.3. The van der Waals surface area contributed by atoms with Gasteiger partial charge >= 0.3 is 11.9 Å². The maximum atomic E-state index is 10.3. The fraction of sp³-hybridized carbons (Fsp3) is 0.944. The zero-order chi connectivity index (χ0) is 31.5. The van der Waals surface area contributed by atoms with Crippen molar-refractivity contribution < 1.29 is 30.0 Å². The van der Waals surface area contributed by atoms with Gasteiger partial charge in [0.15, 0.2) is 0 Å². The van der Waals surface area contributed by atoms with Gasteiger partial charge in [0, 0.05) is 12.8 Å². The number of carboxylic acids is 2. The largest absolute Gasteiger partial charge is 0.481 e. The molecule has 0 radical (unpaired) electrons. The molecule has 252 valence electrons. The van der Waals surface area contributed by atoms with E-state index in [4.69, 9.17) is 10.2 Å².